The van der Waals surface area contributed by atoms with Crippen molar-refractivity contribution in [2.24, 2.45) is 0 Å². The largest absolute Gasteiger partial charge is 0.469 e. The Labute approximate surface area is 280 Å². The van der Waals surface area contributed by atoms with Crippen molar-refractivity contribution in [1.29, 1.82) is 0 Å². The number of ether oxygens (including phenoxy) is 3. The number of rotatable bonds is 33. The second-order valence-corrected chi connectivity index (χ2v) is 14.2. The number of carbonyl (C=O) groups excluding carboxylic acids is 2. The number of phosphoric ester groups is 1. The molecule has 0 aliphatic carbocycles. The van der Waals surface area contributed by atoms with Crippen molar-refractivity contribution in [3.63, 3.8) is 0 Å². The van der Waals surface area contributed by atoms with E-state index in [0.717, 1.165) is 57.8 Å². The van der Waals surface area contributed by atoms with Crippen molar-refractivity contribution in [1.82, 2.24) is 0 Å². The summed E-state index contributed by atoms with van der Waals surface area (Å²) in [6.07, 6.45) is 31.0. The molecule has 1 saturated heterocycles. The van der Waals surface area contributed by atoms with Gasteiger partial charge in [-0.15, -0.1) is 0 Å². The van der Waals surface area contributed by atoms with Crippen LogP contribution in [0.25, 0.3) is 0 Å². The SMILES string of the molecule is CCCCCCCCCCCCCCC(=O)OC[C@H](COP(=O)(O)O)OC(=O)CCCCCCC/C=C\CC1OC1CCCCC. The summed E-state index contributed by atoms with van der Waals surface area (Å²) >= 11 is 0. The third-order valence-corrected chi connectivity index (χ3v) is 8.94. The Bertz CT molecular complexity index is 828. The van der Waals surface area contributed by atoms with Crippen LogP contribution in [-0.2, 0) is 32.9 Å². The summed E-state index contributed by atoms with van der Waals surface area (Å²) in [6, 6.07) is 0. The van der Waals surface area contributed by atoms with Crippen LogP contribution in [0.3, 0.4) is 0 Å². The monoisotopic (exact) mass is 674 g/mol. The van der Waals surface area contributed by atoms with Crippen molar-refractivity contribution >= 4 is 19.8 Å². The number of esters is 2. The lowest BCUT2D eigenvalue weighted by Gasteiger charge is -2.18. The highest BCUT2D eigenvalue weighted by Gasteiger charge is 2.36. The molecule has 270 valence electrons. The first-order valence-electron chi connectivity index (χ1n) is 18.6. The number of allylic oxidation sites excluding steroid dienone is 1. The standard InChI is InChI=1S/C36H67O9P/c1-3-5-7-8-9-10-11-12-13-17-20-24-28-35(37)42-30-32(31-43-46(39,40)41)44-36(38)29-25-21-18-15-14-16-19-23-27-34-33(45-34)26-22-6-4-2/h19,23,32-34H,3-18,20-22,24-31H2,1-2H3,(H2,39,40,41)/b23-19-/t32-,33?,34?/m1/s1. The minimum absolute atomic E-state index is 0.194. The fourth-order valence-electron chi connectivity index (χ4n) is 5.56. The lowest BCUT2D eigenvalue weighted by molar-refractivity contribution is -0.161. The maximum absolute atomic E-state index is 12.4. The quantitative estimate of drug-likeness (QED) is 0.0230. The highest BCUT2D eigenvalue weighted by molar-refractivity contribution is 7.46. The zero-order valence-corrected chi connectivity index (χ0v) is 30.1. The summed E-state index contributed by atoms with van der Waals surface area (Å²) in [7, 11) is -4.75. The molecule has 0 bridgehead atoms. The lowest BCUT2D eigenvalue weighted by Crippen LogP contribution is -2.29. The first-order chi connectivity index (χ1) is 22.2. The molecule has 1 aliphatic rings. The van der Waals surface area contributed by atoms with E-state index in [1.54, 1.807) is 0 Å². The molecule has 3 atom stereocenters. The fraction of sp³-hybridized carbons (Fsp3) is 0.889. The maximum Gasteiger partial charge on any atom is 0.469 e. The van der Waals surface area contributed by atoms with Gasteiger partial charge in [-0.05, 0) is 38.5 Å². The van der Waals surface area contributed by atoms with Crippen molar-refractivity contribution in [2.45, 2.75) is 193 Å². The minimum Gasteiger partial charge on any atom is -0.462 e. The average molecular weight is 675 g/mol. The molecule has 0 aromatic carbocycles. The van der Waals surface area contributed by atoms with E-state index in [-0.39, 0.29) is 19.4 Å². The first-order valence-corrected chi connectivity index (χ1v) is 20.1. The molecule has 2 unspecified atom stereocenters. The topological polar surface area (TPSA) is 132 Å². The number of carbonyl (C=O) groups is 2. The van der Waals surface area contributed by atoms with Gasteiger partial charge < -0.3 is 24.0 Å². The Morgan fingerprint density at radius 3 is 1.78 bits per heavy atom. The van der Waals surface area contributed by atoms with Crippen LogP contribution in [0.1, 0.15) is 174 Å². The molecule has 1 fully saturated rings. The Morgan fingerprint density at radius 2 is 1.20 bits per heavy atom. The molecule has 0 spiro atoms. The molecule has 0 aromatic heterocycles. The van der Waals surface area contributed by atoms with Crippen molar-refractivity contribution < 1.29 is 42.7 Å². The van der Waals surface area contributed by atoms with E-state index in [4.69, 9.17) is 24.0 Å². The highest BCUT2D eigenvalue weighted by Crippen LogP contribution is 2.36. The molecule has 0 amide bonds. The number of hydrogen-bond acceptors (Lipinski definition) is 7. The summed E-state index contributed by atoms with van der Waals surface area (Å²) < 4.78 is 32.0. The van der Waals surface area contributed by atoms with Gasteiger partial charge in [-0.1, -0.05) is 135 Å². The zero-order valence-electron chi connectivity index (χ0n) is 29.2. The zero-order chi connectivity index (χ0) is 33.7. The molecule has 46 heavy (non-hydrogen) atoms. The average Bonchev–Trinajstić information content (AvgIpc) is 3.77. The van der Waals surface area contributed by atoms with E-state index >= 15 is 0 Å². The van der Waals surface area contributed by atoms with Crippen LogP contribution in [0.15, 0.2) is 12.2 Å². The Kier molecular flexibility index (Phi) is 26.7. The molecule has 10 heteroatoms. The van der Waals surface area contributed by atoms with Gasteiger partial charge in [0.15, 0.2) is 6.10 Å². The van der Waals surface area contributed by atoms with Gasteiger partial charge >= 0.3 is 19.8 Å². The molecule has 1 aliphatic heterocycles. The summed E-state index contributed by atoms with van der Waals surface area (Å²) in [5, 5.41) is 0. The second-order valence-electron chi connectivity index (χ2n) is 12.9. The highest BCUT2D eigenvalue weighted by atomic mass is 31.2. The molecular weight excluding hydrogens is 607 g/mol. The van der Waals surface area contributed by atoms with Gasteiger partial charge in [-0.3, -0.25) is 14.1 Å². The third-order valence-electron chi connectivity index (χ3n) is 8.46. The van der Waals surface area contributed by atoms with Gasteiger partial charge in [-0.25, -0.2) is 4.57 Å². The van der Waals surface area contributed by atoms with Crippen LogP contribution >= 0.6 is 7.82 Å². The molecule has 0 aromatic rings. The van der Waals surface area contributed by atoms with Gasteiger partial charge in [0.1, 0.15) is 6.61 Å². The molecular formula is C36H67O9P. The van der Waals surface area contributed by atoms with Gasteiger partial charge in [0.2, 0.25) is 0 Å². The Balaban J connectivity index is 2.09. The first kappa shape index (κ1) is 42.8. The number of unbranched alkanes of at least 4 members (excludes halogenated alkanes) is 18. The summed E-state index contributed by atoms with van der Waals surface area (Å²) in [5.74, 6) is -0.902. The summed E-state index contributed by atoms with van der Waals surface area (Å²) in [6.45, 7) is 3.63. The molecule has 1 heterocycles. The molecule has 1 rings (SSSR count). The summed E-state index contributed by atoms with van der Waals surface area (Å²) in [4.78, 5) is 42.7. The number of epoxide rings is 1. The van der Waals surface area contributed by atoms with E-state index in [0.29, 0.717) is 18.6 Å². The molecule has 0 radical (unpaired) electrons. The smallest absolute Gasteiger partial charge is 0.462 e. The second kappa shape index (κ2) is 28.7. The van der Waals surface area contributed by atoms with Crippen LogP contribution in [0.4, 0.5) is 0 Å². The minimum atomic E-state index is -4.75. The summed E-state index contributed by atoms with van der Waals surface area (Å²) in [5.41, 5.74) is 0. The van der Waals surface area contributed by atoms with Gasteiger partial charge in [0.25, 0.3) is 0 Å². The third kappa shape index (κ3) is 27.8. The van der Waals surface area contributed by atoms with Gasteiger partial charge in [0.05, 0.1) is 18.8 Å². The maximum atomic E-state index is 12.4. The van der Waals surface area contributed by atoms with Gasteiger partial charge in [-0.2, -0.15) is 0 Å². The lowest BCUT2D eigenvalue weighted by atomic mass is 10.0. The van der Waals surface area contributed by atoms with Crippen LogP contribution in [0.2, 0.25) is 0 Å². The van der Waals surface area contributed by atoms with E-state index in [1.807, 2.05) is 0 Å². The van der Waals surface area contributed by atoms with Crippen molar-refractivity contribution in [2.75, 3.05) is 13.2 Å². The normalized spacial score (nSPS) is 17.0. The van der Waals surface area contributed by atoms with Gasteiger partial charge in [0, 0.05) is 12.8 Å². The van der Waals surface area contributed by atoms with Crippen LogP contribution in [0.5, 0.6) is 0 Å². The van der Waals surface area contributed by atoms with Crippen molar-refractivity contribution in [3.05, 3.63) is 12.2 Å². The molecule has 2 N–H and O–H groups in total. The van der Waals surface area contributed by atoms with E-state index in [2.05, 4.69) is 30.5 Å². The van der Waals surface area contributed by atoms with E-state index < -0.39 is 32.5 Å². The molecule has 0 saturated carbocycles. The van der Waals surface area contributed by atoms with Crippen LogP contribution in [0, 0.1) is 0 Å². The van der Waals surface area contributed by atoms with Crippen LogP contribution < -0.4 is 0 Å². The predicted octanol–water partition coefficient (Wildman–Crippen LogP) is 9.67. The Hall–Kier alpha value is -1.25. The Morgan fingerprint density at radius 1 is 0.674 bits per heavy atom. The fourth-order valence-corrected chi connectivity index (χ4v) is 5.92. The van der Waals surface area contributed by atoms with E-state index in [9.17, 15) is 14.2 Å². The van der Waals surface area contributed by atoms with Crippen LogP contribution in [-0.4, -0.2) is 53.3 Å². The predicted molar refractivity (Wildman–Crippen MR) is 183 cm³/mol. The number of hydrogen-bond donors (Lipinski definition) is 2. The van der Waals surface area contributed by atoms with Crippen molar-refractivity contribution in [3.8, 4) is 0 Å². The molecule has 9 nitrogen and oxygen atoms in total. The number of phosphoric acid groups is 1. The van der Waals surface area contributed by atoms with E-state index in [1.165, 1.54) is 83.5 Å².